The summed E-state index contributed by atoms with van der Waals surface area (Å²) in [7, 11) is 0. The van der Waals surface area contributed by atoms with Crippen molar-refractivity contribution in [2.24, 2.45) is 0 Å². The van der Waals surface area contributed by atoms with Gasteiger partial charge in [-0.15, -0.1) is 11.3 Å². The van der Waals surface area contributed by atoms with Gasteiger partial charge in [0.05, 0.1) is 12.6 Å². The number of carbonyl (C=O) groups excluding carboxylic acids is 2. The van der Waals surface area contributed by atoms with Gasteiger partial charge >= 0.3 is 0 Å². The number of rotatable bonds is 9. The molecule has 1 unspecified atom stereocenters. The number of halogens is 1. The summed E-state index contributed by atoms with van der Waals surface area (Å²) in [5, 5.41) is 2.47. The van der Waals surface area contributed by atoms with E-state index in [0.29, 0.717) is 48.3 Å². The van der Waals surface area contributed by atoms with Crippen LogP contribution in [0, 0.1) is 0 Å². The largest absolute Gasteiger partial charge is 0.454 e. The third kappa shape index (κ3) is 6.00. The maximum Gasteiger partial charge on any atom is 0.254 e. The first-order valence-electron chi connectivity index (χ1n) is 11.9. The third-order valence-corrected chi connectivity index (χ3v) is 7.32. The van der Waals surface area contributed by atoms with Crippen LogP contribution in [0.3, 0.4) is 0 Å². The molecule has 5 rings (SSSR count). The second kappa shape index (κ2) is 11.3. The van der Waals surface area contributed by atoms with Gasteiger partial charge in [-0.2, -0.15) is 0 Å². The molecule has 0 aliphatic carbocycles. The molecule has 188 valence electrons. The lowest BCUT2D eigenvalue weighted by Gasteiger charge is -2.29. The molecule has 3 heterocycles. The van der Waals surface area contributed by atoms with Crippen molar-refractivity contribution in [3.63, 3.8) is 0 Å². The summed E-state index contributed by atoms with van der Waals surface area (Å²) in [4.78, 5) is 31.6. The normalized spacial score (nSPS) is 16.2. The monoisotopic (exact) mass is 526 g/mol. The molecule has 7 nitrogen and oxygen atoms in total. The molecule has 0 N–H and O–H groups in total. The molecule has 1 saturated heterocycles. The summed E-state index contributed by atoms with van der Waals surface area (Å²) in [5.41, 5.74) is 1.38. The van der Waals surface area contributed by atoms with Crippen molar-refractivity contribution in [3.05, 3.63) is 81.0 Å². The molecule has 1 aromatic heterocycles. The summed E-state index contributed by atoms with van der Waals surface area (Å²) >= 11 is 7.74. The second-order valence-corrected chi connectivity index (χ2v) is 10.3. The second-order valence-electron chi connectivity index (χ2n) is 8.85. The van der Waals surface area contributed by atoms with Crippen LogP contribution >= 0.6 is 22.9 Å². The maximum atomic E-state index is 13.7. The molecular formula is C27H27ClN2O5S. The standard InChI is InChI=1S/C27H27ClN2O5S/c28-21-5-1-4-20(13-21)27(32)30(15-22-6-2-10-33-22)17-26(31)29(16-23-7-3-11-36-23)14-19-8-9-24-25(12-19)35-18-34-24/h1,3-5,7-9,11-13,22H,2,6,10,14-18H2. The smallest absolute Gasteiger partial charge is 0.254 e. The fraction of sp³-hybridized carbons (Fsp3) is 0.333. The number of hydrogen-bond acceptors (Lipinski definition) is 6. The summed E-state index contributed by atoms with van der Waals surface area (Å²) in [5.74, 6) is 0.992. The Labute approximate surface area is 219 Å². The Balaban J connectivity index is 1.37. The Morgan fingerprint density at radius 2 is 1.89 bits per heavy atom. The molecule has 0 radical (unpaired) electrons. The lowest BCUT2D eigenvalue weighted by Crippen LogP contribution is -2.45. The van der Waals surface area contributed by atoms with Gasteiger partial charge in [-0.25, -0.2) is 0 Å². The lowest BCUT2D eigenvalue weighted by molar-refractivity contribution is -0.133. The molecular weight excluding hydrogens is 500 g/mol. The van der Waals surface area contributed by atoms with E-state index in [9.17, 15) is 9.59 Å². The average molecular weight is 527 g/mol. The van der Waals surface area contributed by atoms with Crippen molar-refractivity contribution >= 4 is 34.8 Å². The fourth-order valence-electron chi connectivity index (χ4n) is 4.40. The Hall–Kier alpha value is -3.07. The van der Waals surface area contributed by atoms with Crippen molar-refractivity contribution in [3.8, 4) is 11.5 Å². The van der Waals surface area contributed by atoms with E-state index in [4.69, 9.17) is 25.8 Å². The van der Waals surface area contributed by atoms with Crippen LogP contribution in [0.5, 0.6) is 11.5 Å². The number of thiophene rings is 1. The summed E-state index contributed by atoms with van der Waals surface area (Å²) < 4.78 is 16.7. The summed E-state index contributed by atoms with van der Waals surface area (Å²) in [6, 6.07) is 16.5. The van der Waals surface area contributed by atoms with E-state index in [1.54, 1.807) is 45.4 Å². The molecule has 3 aromatic rings. The summed E-state index contributed by atoms with van der Waals surface area (Å²) in [6.45, 7) is 2.00. The van der Waals surface area contributed by atoms with Crippen molar-refractivity contribution in [1.82, 2.24) is 9.80 Å². The van der Waals surface area contributed by atoms with E-state index in [1.165, 1.54) is 0 Å². The molecule has 0 saturated carbocycles. The van der Waals surface area contributed by atoms with Crippen LogP contribution in [0.25, 0.3) is 0 Å². The van der Waals surface area contributed by atoms with E-state index in [-0.39, 0.29) is 31.3 Å². The Kier molecular flexibility index (Phi) is 7.75. The zero-order valence-electron chi connectivity index (χ0n) is 19.7. The van der Waals surface area contributed by atoms with E-state index in [0.717, 1.165) is 23.3 Å². The maximum absolute atomic E-state index is 13.7. The number of fused-ring (bicyclic) bond motifs is 1. The van der Waals surface area contributed by atoms with Gasteiger partial charge in [0, 0.05) is 35.2 Å². The summed E-state index contributed by atoms with van der Waals surface area (Å²) in [6.07, 6.45) is 1.73. The molecule has 2 aliphatic heterocycles. The van der Waals surface area contributed by atoms with Crippen LogP contribution < -0.4 is 9.47 Å². The number of benzene rings is 2. The van der Waals surface area contributed by atoms with Crippen molar-refractivity contribution < 1.29 is 23.8 Å². The molecule has 36 heavy (non-hydrogen) atoms. The van der Waals surface area contributed by atoms with Crippen molar-refractivity contribution in [2.45, 2.75) is 32.0 Å². The lowest BCUT2D eigenvalue weighted by atomic mass is 10.1. The van der Waals surface area contributed by atoms with Gasteiger partial charge in [-0.3, -0.25) is 9.59 Å². The van der Waals surface area contributed by atoms with Gasteiger partial charge in [0.1, 0.15) is 6.54 Å². The Morgan fingerprint density at radius 3 is 2.67 bits per heavy atom. The number of amides is 2. The van der Waals surface area contributed by atoms with Gasteiger partial charge < -0.3 is 24.0 Å². The zero-order valence-corrected chi connectivity index (χ0v) is 21.3. The third-order valence-electron chi connectivity index (χ3n) is 6.22. The number of hydrogen-bond donors (Lipinski definition) is 0. The molecule has 2 aliphatic rings. The number of ether oxygens (including phenoxy) is 3. The quantitative estimate of drug-likeness (QED) is 0.393. The van der Waals surface area contributed by atoms with E-state index >= 15 is 0 Å². The minimum Gasteiger partial charge on any atom is -0.454 e. The first-order valence-corrected chi connectivity index (χ1v) is 13.2. The van der Waals surface area contributed by atoms with Gasteiger partial charge in [-0.1, -0.05) is 29.8 Å². The van der Waals surface area contributed by atoms with E-state index < -0.39 is 0 Å². The van der Waals surface area contributed by atoms with E-state index in [2.05, 4.69) is 0 Å². The van der Waals surface area contributed by atoms with Gasteiger partial charge in [0.25, 0.3) is 5.91 Å². The number of carbonyl (C=O) groups is 2. The number of nitrogens with zero attached hydrogens (tertiary/aromatic N) is 2. The minimum atomic E-state index is -0.236. The van der Waals surface area contributed by atoms with Crippen LogP contribution in [0.2, 0.25) is 5.02 Å². The van der Waals surface area contributed by atoms with Crippen LogP contribution in [-0.2, 0) is 22.6 Å². The topological polar surface area (TPSA) is 68.3 Å². The van der Waals surface area contributed by atoms with Gasteiger partial charge in [-0.05, 0) is 60.2 Å². The van der Waals surface area contributed by atoms with Crippen molar-refractivity contribution in [1.29, 1.82) is 0 Å². The Bertz CT molecular complexity index is 1210. The first-order chi connectivity index (χ1) is 17.5. The SMILES string of the molecule is O=C(CN(CC1CCCO1)C(=O)c1cccc(Cl)c1)N(Cc1ccc2c(c1)OCO2)Cc1cccs1. The predicted octanol–water partition coefficient (Wildman–Crippen LogP) is 4.98. The highest BCUT2D eigenvalue weighted by atomic mass is 35.5. The Morgan fingerprint density at radius 1 is 1.00 bits per heavy atom. The van der Waals surface area contributed by atoms with E-state index in [1.807, 2.05) is 35.7 Å². The molecule has 1 atom stereocenters. The molecule has 2 amide bonds. The predicted molar refractivity (Wildman–Crippen MR) is 137 cm³/mol. The highest BCUT2D eigenvalue weighted by molar-refractivity contribution is 7.09. The first kappa shape index (κ1) is 24.6. The van der Waals surface area contributed by atoms with Gasteiger partial charge in [0.2, 0.25) is 12.7 Å². The molecule has 0 spiro atoms. The highest BCUT2D eigenvalue weighted by Gasteiger charge is 2.28. The van der Waals surface area contributed by atoms with Crippen LogP contribution in [0.1, 0.15) is 33.6 Å². The van der Waals surface area contributed by atoms with Crippen LogP contribution in [-0.4, -0.2) is 54.2 Å². The van der Waals surface area contributed by atoms with Gasteiger partial charge in [0.15, 0.2) is 11.5 Å². The zero-order chi connectivity index (χ0) is 24.9. The molecule has 0 bridgehead atoms. The highest BCUT2D eigenvalue weighted by Crippen LogP contribution is 2.33. The van der Waals surface area contributed by atoms with Crippen molar-refractivity contribution in [2.75, 3.05) is 26.5 Å². The minimum absolute atomic E-state index is 0.0544. The molecule has 1 fully saturated rings. The fourth-order valence-corrected chi connectivity index (χ4v) is 5.31. The van der Waals surface area contributed by atoms with Crippen LogP contribution in [0.4, 0.5) is 0 Å². The molecule has 9 heteroatoms. The average Bonchev–Trinajstić information content (AvgIpc) is 3.66. The van der Waals surface area contributed by atoms with Crippen LogP contribution in [0.15, 0.2) is 60.0 Å². The molecule has 2 aromatic carbocycles.